The number of nitrogens with two attached hydrogens (primary N) is 1. The Morgan fingerprint density at radius 3 is 2.22 bits per heavy atom. The van der Waals surface area contributed by atoms with Gasteiger partial charge in [0.1, 0.15) is 11.8 Å². The van der Waals surface area contributed by atoms with Crippen LogP contribution in [0.1, 0.15) is 17.2 Å². The Morgan fingerprint density at radius 1 is 1.00 bits per heavy atom. The fourth-order valence-corrected chi connectivity index (χ4v) is 2.15. The first-order valence-electron chi connectivity index (χ1n) is 6.31. The molecule has 2 heteroatoms. The number of benzene rings is 2. The second kappa shape index (κ2) is 6.22. The molecule has 94 valence electrons. The van der Waals surface area contributed by atoms with E-state index in [2.05, 4.69) is 54.8 Å². The van der Waals surface area contributed by atoms with Gasteiger partial charge >= 0.3 is 0 Å². The third-order valence-electron chi connectivity index (χ3n) is 3.24. The molecule has 2 N–H and O–H groups in total. The van der Waals surface area contributed by atoms with Crippen LogP contribution >= 0.6 is 0 Å². The summed E-state index contributed by atoms with van der Waals surface area (Å²) in [6.07, 6.45) is 1.05. The molecule has 2 nitrogen and oxygen atoms in total. The first kappa shape index (κ1) is 12.7. The van der Waals surface area contributed by atoms with Gasteiger partial charge in [-0.15, -0.1) is 0 Å². The SMILES string of the molecule is C[NH2+][C@@H](Cc1ccccc1)c1ccc(OC)cc1. The molecule has 2 rings (SSSR count). The average Bonchev–Trinajstić information content (AvgIpc) is 2.46. The van der Waals surface area contributed by atoms with E-state index in [0.29, 0.717) is 6.04 Å². The monoisotopic (exact) mass is 242 g/mol. The second-order valence-electron chi connectivity index (χ2n) is 4.40. The summed E-state index contributed by atoms with van der Waals surface area (Å²) < 4.78 is 5.19. The third kappa shape index (κ3) is 3.11. The summed E-state index contributed by atoms with van der Waals surface area (Å²) in [5.41, 5.74) is 2.71. The molecule has 0 aliphatic carbocycles. The van der Waals surface area contributed by atoms with Gasteiger partial charge in [0.15, 0.2) is 0 Å². The molecule has 18 heavy (non-hydrogen) atoms. The van der Waals surface area contributed by atoms with E-state index < -0.39 is 0 Å². The van der Waals surface area contributed by atoms with Gasteiger partial charge in [-0.1, -0.05) is 30.3 Å². The van der Waals surface area contributed by atoms with Crippen LogP contribution in [0.3, 0.4) is 0 Å². The normalized spacial score (nSPS) is 12.1. The van der Waals surface area contributed by atoms with Crippen molar-refractivity contribution < 1.29 is 10.1 Å². The minimum Gasteiger partial charge on any atom is -0.497 e. The van der Waals surface area contributed by atoms with Gasteiger partial charge in [-0.05, 0) is 29.8 Å². The molecular weight excluding hydrogens is 222 g/mol. The maximum atomic E-state index is 5.19. The molecule has 0 spiro atoms. The fraction of sp³-hybridized carbons (Fsp3) is 0.250. The highest BCUT2D eigenvalue weighted by Crippen LogP contribution is 2.18. The fourth-order valence-electron chi connectivity index (χ4n) is 2.15. The van der Waals surface area contributed by atoms with Crippen LogP contribution in [0.25, 0.3) is 0 Å². The lowest BCUT2D eigenvalue weighted by Gasteiger charge is -2.14. The van der Waals surface area contributed by atoms with Crippen molar-refractivity contribution in [1.29, 1.82) is 0 Å². The summed E-state index contributed by atoms with van der Waals surface area (Å²) in [6.45, 7) is 0. The highest BCUT2D eigenvalue weighted by atomic mass is 16.5. The first-order valence-corrected chi connectivity index (χ1v) is 6.31. The van der Waals surface area contributed by atoms with Gasteiger partial charge in [0.25, 0.3) is 0 Å². The number of likely N-dealkylation sites (N-methyl/N-ethyl adjacent to an activating group) is 1. The minimum atomic E-state index is 0.457. The van der Waals surface area contributed by atoms with Crippen LogP contribution in [0.4, 0.5) is 0 Å². The zero-order chi connectivity index (χ0) is 12.8. The van der Waals surface area contributed by atoms with E-state index in [9.17, 15) is 0 Å². The van der Waals surface area contributed by atoms with E-state index in [0.717, 1.165) is 12.2 Å². The van der Waals surface area contributed by atoms with Crippen LogP contribution in [0.5, 0.6) is 5.75 Å². The number of methoxy groups -OCH3 is 1. The van der Waals surface area contributed by atoms with Crippen LogP contribution < -0.4 is 10.1 Å². The second-order valence-corrected chi connectivity index (χ2v) is 4.40. The Labute approximate surface area is 109 Å². The van der Waals surface area contributed by atoms with E-state index >= 15 is 0 Å². The van der Waals surface area contributed by atoms with Crippen LogP contribution in [0.15, 0.2) is 54.6 Å². The van der Waals surface area contributed by atoms with Crippen molar-refractivity contribution >= 4 is 0 Å². The molecule has 0 bridgehead atoms. The Kier molecular flexibility index (Phi) is 4.37. The predicted octanol–water partition coefficient (Wildman–Crippen LogP) is 2.17. The molecule has 0 amide bonds. The van der Waals surface area contributed by atoms with Crippen LogP contribution in [-0.4, -0.2) is 14.2 Å². The topological polar surface area (TPSA) is 25.8 Å². The van der Waals surface area contributed by atoms with Gasteiger partial charge in [-0.25, -0.2) is 0 Å². The van der Waals surface area contributed by atoms with Gasteiger partial charge in [-0.2, -0.15) is 0 Å². The third-order valence-corrected chi connectivity index (χ3v) is 3.24. The van der Waals surface area contributed by atoms with Gasteiger partial charge in [0, 0.05) is 12.0 Å². The van der Waals surface area contributed by atoms with Crippen LogP contribution in [0.2, 0.25) is 0 Å². The first-order chi connectivity index (χ1) is 8.83. The number of hydrogen-bond acceptors (Lipinski definition) is 1. The highest BCUT2D eigenvalue weighted by molar-refractivity contribution is 5.29. The maximum Gasteiger partial charge on any atom is 0.118 e. The van der Waals surface area contributed by atoms with E-state index in [1.807, 2.05) is 12.1 Å². The number of ether oxygens (including phenoxy) is 1. The molecule has 0 saturated heterocycles. The van der Waals surface area contributed by atoms with Crippen molar-refractivity contribution in [1.82, 2.24) is 0 Å². The maximum absolute atomic E-state index is 5.19. The van der Waals surface area contributed by atoms with Crippen molar-refractivity contribution in [3.05, 3.63) is 65.7 Å². The Balaban J connectivity index is 2.12. The molecule has 0 radical (unpaired) electrons. The Hall–Kier alpha value is -1.80. The summed E-state index contributed by atoms with van der Waals surface area (Å²) in [6, 6.07) is 19.4. The van der Waals surface area contributed by atoms with E-state index in [4.69, 9.17) is 4.74 Å². The van der Waals surface area contributed by atoms with Gasteiger partial charge in [0.05, 0.1) is 14.2 Å². The average molecular weight is 242 g/mol. The highest BCUT2D eigenvalue weighted by Gasteiger charge is 2.13. The number of quaternary nitrogens is 1. The van der Waals surface area contributed by atoms with Crippen molar-refractivity contribution in [2.45, 2.75) is 12.5 Å². The Bertz CT molecular complexity index is 464. The summed E-state index contributed by atoms with van der Waals surface area (Å²) >= 11 is 0. The van der Waals surface area contributed by atoms with E-state index in [1.165, 1.54) is 11.1 Å². The molecule has 0 fully saturated rings. The minimum absolute atomic E-state index is 0.457. The molecule has 1 atom stereocenters. The van der Waals surface area contributed by atoms with Gasteiger partial charge in [0.2, 0.25) is 0 Å². The molecule has 0 aliphatic heterocycles. The summed E-state index contributed by atoms with van der Waals surface area (Å²) in [5, 5.41) is 2.26. The molecule has 0 aromatic heterocycles. The molecule has 0 saturated carbocycles. The zero-order valence-corrected chi connectivity index (χ0v) is 11.0. The lowest BCUT2D eigenvalue weighted by Crippen LogP contribution is -2.81. The molecule has 0 aliphatic rings. The molecule has 0 heterocycles. The molecule has 2 aromatic rings. The van der Waals surface area contributed by atoms with Gasteiger partial charge < -0.3 is 10.1 Å². The largest absolute Gasteiger partial charge is 0.497 e. The number of rotatable bonds is 5. The van der Waals surface area contributed by atoms with Crippen molar-refractivity contribution in [2.75, 3.05) is 14.2 Å². The standard InChI is InChI=1S/C16H19NO/c1-17-16(12-13-6-4-3-5-7-13)14-8-10-15(18-2)11-9-14/h3-11,16-17H,12H2,1-2H3/p+1/t16-/m0/s1. The van der Waals surface area contributed by atoms with Crippen molar-refractivity contribution in [3.63, 3.8) is 0 Å². The number of hydrogen-bond donors (Lipinski definition) is 1. The van der Waals surface area contributed by atoms with Gasteiger partial charge in [-0.3, -0.25) is 0 Å². The molecule has 0 unspecified atom stereocenters. The Morgan fingerprint density at radius 2 is 1.67 bits per heavy atom. The molecular formula is C16H20NO+. The van der Waals surface area contributed by atoms with E-state index in [-0.39, 0.29) is 0 Å². The summed E-state index contributed by atoms with van der Waals surface area (Å²) in [4.78, 5) is 0. The lowest BCUT2D eigenvalue weighted by molar-refractivity contribution is -0.670. The predicted molar refractivity (Wildman–Crippen MR) is 73.7 cm³/mol. The molecule has 2 aromatic carbocycles. The van der Waals surface area contributed by atoms with Crippen LogP contribution in [-0.2, 0) is 6.42 Å². The van der Waals surface area contributed by atoms with Crippen molar-refractivity contribution in [2.24, 2.45) is 0 Å². The summed E-state index contributed by atoms with van der Waals surface area (Å²) in [7, 11) is 3.82. The smallest absolute Gasteiger partial charge is 0.118 e. The zero-order valence-electron chi connectivity index (χ0n) is 11.0. The quantitative estimate of drug-likeness (QED) is 0.854. The van der Waals surface area contributed by atoms with E-state index in [1.54, 1.807) is 7.11 Å². The summed E-state index contributed by atoms with van der Waals surface area (Å²) in [5.74, 6) is 0.910. The van der Waals surface area contributed by atoms with Crippen molar-refractivity contribution in [3.8, 4) is 5.75 Å². The van der Waals surface area contributed by atoms with Crippen LogP contribution in [0, 0.1) is 0 Å². The lowest BCUT2D eigenvalue weighted by atomic mass is 9.99.